The molecule has 1 N–H and O–H groups in total. The zero-order valence-corrected chi connectivity index (χ0v) is 11.5. The Morgan fingerprint density at radius 1 is 1.11 bits per heavy atom. The van der Waals surface area contributed by atoms with E-state index < -0.39 is 0 Å². The first-order valence-electron chi connectivity index (χ1n) is 7.51. The molecule has 104 valence electrons. The van der Waals surface area contributed by atoms with Gasteiger partial charge in [0.15, 0.2) is 0 Å². The summed E-state index contributed by atoms with van der Waals surface area (Å²) in [4.78, 5) is 7.05. The lowest BCUT2D eigenvalue weighted by Crippen LogP contribution is -2.34. The third kappa shape index (κ3) is 3.38. The van der Waals surface area contributed by atoms with Gasteiger partial charge in [0.1, 0.15) is 11.9 Å². The minimum atomic E-state index is 0.324. The zero-order chi connectivity index (χ0) is 12.9. The maximum atomic E-state index is 6.01. The van der Waals surface area contributed by atoms with E-state index in [-0.39, 0.29) is 0 Å². The van der Waals surface area contributed by atoms with Gasteiger partial charge < -0.3 is 15.0 Å². The lowest BCUT2D eigenvalue weighted by Gasteiger charge is -2.28. The predicted octanol–water partition coefficient (Wildman–Crippen LogP) is 2.20. The quantitative estimate of drug-likeness (QED) is 0.905. The summed E-state index contributed by atoms with van der Waals surface area (Å²) in [6, 6.07) is 6.14. The van der Waals surface area contributed by atoms with Crippen molar-refractivity contribution in [2.24, 2.45) is 0 Å². The van der Waals surface area contributed by atoms with Gasteiger partial charge in [-0.2, -0.15) is 4.98 Å². The van der Waals surface area contributed by atoms with Gasteiger partial charge in [-0.05, 0) is 51.3 Å². The minimum Gasteiger partial charge on any atom is -0.474 e. The van der Waals surface area contributed by atoms with Crippen molar-refractivity contribution in [3.8, 4) is 5.88 Å². The SMILES string of the molecule is c1cc(OC2CCNCC2)nc(N2CCCCC2)c1. The Bertz CT molecular complexity index is 398. The molecule has 0 radical (unpaired) electrons. The zero-order valence-electron chi connectivity index (χ0n) is 11.5. The third-order valence-corrected chi connectivity index (χ3v) is 3.96. The molecule has 1 aromatic rings. The Kier molecular flexibility index (Phi) is 4.18. The average Bonchev–Trinajstić information content (AvgIpc) is 2.49. The number of rotatable bonds is 3. The molecule has 1 aromatic heterocycles. The molecule has 2 aliphatic rings. The summed E-state index contributed by atoms with van der Waals surface area (Å²) < 4.78 is 6.01. The fourth-order valence-corrected chi connectivity index (χ4v) is 2.85. The molecule has 2 saturated heterocycles. The molecule has 0 saturated carbocycles. The number of ether oxygens (including phenoxy) is 1. The van der Waals surface area contributed by atoms with Crippen LogP contribution in [-0.4, -0.2) is 37.3 Å². The number of piperidine rings is 2. The molecule has 0 spiro atoms. The average molecular weight is 261 g/mol. The summed E-state index contributed by atoms with van der Waals surface area (Å²) in [5, 5.41) is 3.35. The second kappa shape index (κ2) is 6.24. The van der Waals surface area contributed by atoms with Crippen LogP contribution >= 0.6 is 0 Å². The molecule has 0 atom stereocenters. The normalized spacial score (nSPS) is 21.4. The molecule has 0 unspecified atom stereocenters. The lowest BCUT2D eigenvalue weighted by atomic mass is 10.1. The van der Waals surface area contributed by atoms with Gasteiger partial charge in [0.25, 0.3) is 0 Å². The fraction of sp³-hybridized carbons (Fsp3) is 0.667. The maximum absolute atomic E-state index is 6.01. The van der Waals surface area contributed by atoms with Crippen molar-refractivity contribution in [3.63, 3.8) is 0 Å². The van der Waals surface area contributed by atoms with Gasteiger partial charge in [0.2, 0.25) is 5.88 Å². The van der Waals surface area contributed by atoms with Crippen LogP contribution in [0.3, 0.4) is 0 Å². The number of nitrogens with one attached hydrogen (secondary N) is 1. The van der Waals surface area contributed by atoms with E-state index >= 15 is 0 Å². The Morgan fingerprint density at radius 3 is 2.68 bits per heavy atom. The maximum Gasteiger partial charge on any atom is 0.215 e. The summed E-state index contributed by atoms with van der Waals surface area (Å²) in [7, 11) is 0. The summed E-state index contributed by atoms with van der Waals surface area (Å²) in [5.41, 5.74) is 0. The third-order valence-electron chi connectivity index (χ3n) is 3.96. The van der Waals surface area contributed by atoms with Crippen molar-refractivity contribution in [2.75, 3.05) is 31.1 Å². The van der Waals surface area contributed by atoms with Gasteiger partial charge in [-0.15, -0.1) is 0 Å². The van der Waals surface area contributed by atoms with E-state index in [1.165, 1.54) is 19.3 Å². The Hall–Kier alpha value is -1.29. The largest absolute Gasteiger partial charge is 0.474 e. The van der Waals surface area contributed by atoms with Crippen molar-refractivity contribution in [3.05, 3.63) is 18.2 Å². The van der Waals surface area contributed by atoms with Gasteiger partial charge in [-0.3, -0.25) is 0 Å². The van der Waals surface area contributed by atoms with Gasteiger partial charge >= 0.3 is 0 Å². The summed E-state index contributed by atoms with van der Waals surface area (Å²) in [5.74, 6) is 1.86. The van der Waals surface area contributed by atoms with Crippen LogP contribution in [0.25, 0.3) is 0 Å². The first-order valence-corrected chi connectivity index (χ1v) is 7.51. The van der Waals surface area contributed by atoms with Crippen molar-refractivity contribution in [2.45, 2.75) is 38.2 Å². The topological polar surface area (TPSA) is 37.4 Å². The van der Waals surface area contributed by atoms with Crippen molar-refractivity contribution in [1.82, 2.24) is 10.3 Å². The molecule has 4 heteroatoms. The molecule has 0 bridgehead atoms. The number of nitrogens with zero attached hydrogens (tertiary/aromatic N) is 2. The molecular formula is C15H23N3O. The highest BCUT2D eigenvalue weighted by Gasteiger charge is 2.16. The molecular weight excluding hydrogens is 238 g/mol. The minimum absolute atomic E-state index is 0.324. The molecule has 3 rings (SSSR count). The van der Waals surface area contributed by atoms with Crippen LogP contribution in [0.5, 0.6) is 5.88 Å². The van der Waals surface area contributed by atoms with E-state index in [2.05, 4.69) is 27.3 Å². The second-order valence-corrected chi connectivity index (χ2v) is 5.45. The molecule has 0 amide bonds. The van der Waals surface area contributed by atoms with Crippen LogP contribution < -0.4 is 15.0 Å². The molecule has 0 aromatic carbocycles. The summed E-state index contributed by atoms with van der Waals surface area (Å²) in [6.07, 6.45) is 6.39. The van der Waals surface area contributed by atoms with Gasteiger partial charge in [-0.1, -0.05) is 6.07 Å². The first-order chi connectivity index (χ1) is 9.42. The van der Waals surface area contributed by atoms with Crippen LogP contribution in [0.1, 0.15) is 32.1 Å². The highest BCUT2D eigenvalue weighted by atomic mass is 16.5. The summed E-state index contributed by atoms with van der Waals surface area (Å²) >= 11 is 0. The van der Waals surface area contributed by atoms with Crippen molar-refractivity contribution < 1.29 is 4.74 Å². The van der Waals surface area contributed by atoms with Crippen LogP contribution in [0, 0.1) is 0 Å². The van der Waals surface area contributed by atoms with Crippen LogP contribution in [0.2, 0.25) is 0 Å². The lowest BCUT2D eigenvalue weighted by molar-refractivity contribution is 0.156. The second-order valence-electron chi connectivity index (χ2n) is 5.45. The van der Waals surface area contributed by atoms with E-state index in [9.17, 15) is 0 Å². The Balaban J connectivity index is 1.64. The molecule has 4 nitrogen and oxygen atoms in total. The predicted molar refractivity (Wildman–Crippen MR) is 76.8 cm³/mol. The van der Waals surface area contributed by atoms with Crippen molar-refractivity contribution >= 4 is 5.82 Å². The summed E-state index contributed by atoms with van der Waals surface area (Å²) in [6.45, 7) is 4.36. The fourth-order valence-electron chi connectivity index (χ4n) is 2.85. The number of hydrogen-bond acceptors (Lipinski definition) is 4. The van der Waals surface area contributed by atoms with E-state index in [1.54, 1.807) is 0 Å². The molecule has 2 fully saturated rings. The van der Waals surface area contributed by atoms with E-state index in [0.29, 0.717) is 6.10 Å². The van der Waals surface area contributed by atoms with E-state index in [0.717, 1.165) is 50.7 Å². The van der Waals surface area contributed by atoms with Crippen LogP contribution in [0.4, 0.5) is 5.82 Å². The number of anilines is 1. The highest BCUT2D eigenvalue weighted by Crippen LogP contribution is 2.21. The smallest absolute Gasteiger partial charge is 0.215 e. The number of aromatic nitrogens is 1. The van der Waals surface area contributed by atoms with Crippen LogP contribution in [0.15, 0.2) is 18.2 Å². The molecule has 2 aliphatic heterocycles. The van der Waals surface area contributed by atoms with Gasteiger partial charge in [0.05, 0.1) is 0 Å². The van der Waals surface area contributed by atoms with Crippen LogP contribution in [-0.2, 0) is 0 Å². The first kappa shape index (κ1) is 12.7. The molecule has 19 heavy (non-hydrogen) atoms. The number of pyridine rings is 1. The molecule has 0 aliphatic carbocycles. The van der Waals surface area contributed by atoms with Gasteiger partial charge in [0, 0.05) is 19.2 Å². The Labute approximate surface area is 115 Å². The number of hydrogen-bond donors (Lipinski definition) is 1. The standard InChI is InChI=1S/C15H23N3O/c1-2-11-18(12-3-1)14-5-4-6-15(17-14)19-13-7-9-16-10-8-13/h4-6,13,16H,1-3,7-12H2. The molecule has 3 heterocycles. The Morgan fingerprint density at radius 2 is 1.89 bits per heavy atom. The monoisotopic (exact) mass is 261 g/mol. The highest BCUT2D eigenvalue weighted by molar-refractivity contribution is 5.40. The van der Waals surface area contributed by atoms with E-state index in [1.807, 2.05) is 6.07 Å². The van der Waals surface area contributed by atoms with Crippen molar-refractivity contribution in [1.29, 1.82) is 0 Å². The van der Waals surface area contributed by atoms with E-state index in [4.69, 9.17) is 4.74 Å². The van der Waals surface area contributed by atoms with Gasteiger partial charge in [-0.25, -0.2) is 0 Å².